The highest BCUT2D eigenvalue weighted by Gasteiger charge is 2.66. The van der Waals surface area contributed by atoms with Crippen LogP contribution in [-0.2, 0) is 5.41 Å². The Bertz CT molecular complexity index is 537. The van der Waals surface area contributed by atoms with Crippen LogP contribution >= 0.6 is 0 Å². The van der Waals surface area contributed by atoms with Crippen LogP contribution in [0.25, 0.3) is 0 Å². The van der Waals surface area contributed by atoms with E-state index in [1.807, 2.05) is 12.1 Å². The van der Waals surface area contributed by atoms with Crippen molar-refractivity contribution in [3.8, 4) is 0 Å². The summed E-state index contributed by atoms with van der Waals surface area (Å²) in [5.74, 6) is -0.956. The molecule has 23 heavy (non-hydrogen) atoms. The largest absolute Gasteiger partial charge is 0.394 e. The first-order valence-corrected chi connectivity index (χ1v) is 7.71. The van der Waals surface area contributed by atoms with Gasteiger partial charge in [-0.25, -0.2) is 0 Å². The molecule has 0 aromatic heterocycles. The maximum absolute atomic E-state index is 10.6. The average molecular weight is 326 g/mol. The third kappa shape index (κ3) is 2.91. The van der Waals surface area contributed by atoms with E-state index in [2.05, 4.69) is 20.8 Å². The number of aliphatic hydroxyl groups excluding tert-OH is 5. The van der Waals surface area contributed by atoms with Crippen molar-refractivity contribution in [2.24, 2.45) is 0 Å². The van der Waals surface area contributed by atoms with Crippen LogP contribution < -0.4 is 0 Å². The van der Waals surface area contributed by atoms with E-state index in [9.17, 15) is 25.5 Å². The second kappa shape index (κ2) is 6.12. The lowest BCUT2D eigenvalue weighted by molar-refractivity contribution is -0.284. The van der Waals surface area contributed by atoms with Crippen LogP contribution in [0.2, 0.25) is 0 Å². The predicted molar refractivity (Wildman–Crippen MR) is 83.9 cm³/mol. The monoisotopic (exact) mass is 326 g/mol. The minimum Gasteiger partial charge on any atom is -0.394 e. The lowest BCUT2D eigenvalue weighted by Crippen LogP contribution is -2.75. The summed E-state index contributed by atoms with van der Waals surface area (Å²) in [5.41, 5.74) is -0.568. The molecule has 1 aliphatic carbocycles. The summed E-state index contributed by atoms with van der Waals surface area (Å²) in [6.45, 7) is 5.41. The molecule has 2 rings (SSSR count). The summed E-state index contributed by atoms with van der Waals surface area (Å²) in [4.78, 5) is 0. The molecule has 6 heteroatoms. The van der Waals surface area contributed by atoms with Crippen LogP contribution in [-0.4, -0.2) is 67.3 Å². The third-order valence-electron chi connectivity index (χ3n) is 4.80. The molecule has 0 heterocycles. The lowest BCUT2D eigenvalue weighted by atomic mass is 9.58. The molecule has 1 saturated carbocycles. The second-order valence-electron chi connectivity index (χ2n) is 7.37. The van der Waals surface area contributed by atoms with Gasteiger partial charge in [0.25, 0.3) is 0 Å². The van der Waals surface area contributed by atoms with E-state index in [1.54, 1.807) is 12.1 Å². The van der Waals surface area contributed by atoms with Crippen LogP contribution in [0.4, 0.5) is 0 Å². The van der Waals surface area contributed by atoms with Crippen molar-refractivity contribution in [2.75, 3.05) is 6.61 Å². The molecule has 0 amide bonds. The van der Waals surface area contributed by atoms with Gasteiger partial charge in [-0.05, 0) is 16.5 Å². The van der Waals surface area contributed by atoms with Crippen LogP contribution in [0.3, 0.4) is 0 Å². The Hall–Kier alpha value is -1.02. The molecule has 1 fully saturated rings. The van der Waals surface area contributed by atoms with Gasteiger partial charge in [-0.3, -0.25) is 0 Å². The van der Waals surface area contributed by atoms with E-state index < -0.39 is 42.5 Å². The normalized spacial score (nSPS) is 33.9. The van der Waals surface area contributed by atoms with Crippen LogP contribution in [0, 0.1) is 0 Å². The van der Waals surface area contributed by atoms with Crippen molar-refractivity contribution >= 4 is 0 Å². The zero-order chi connectivity index (χ0) is 17.6. The molecule has 1 aromatic carbocycles. The maximum Gasteiger partial charge on any atom is 0.131 e. The quantitative estimate of drug-likeness (QED) is 0.433. The Morgan fingerprint density at radius 2 is 1.61 bits per heavy atom. The smallest absolute Gasteiger partial charge is 0.131 e. The minimum absolute atomic E-state index is 0.0564. The summed E-state index contributed by atoms with van der Waals surface area (Å²) in [5, 5.41) is 59.2. The van der Waals surface area contributed by atoms with Gasteiger partial charge < -0.3 is 30.6 Å². The Morgan fingerprint density at radius 1 is 1.09 bits per heavy atom. The van der Waals surface area contributed by atoms with E-state index in [4.69, 9.17) is 5.11 Å². The topological polar surface area (TPSA) is 121 Å². The number of benzene rings is 1. The molecule has 2 unspecified atom stereocenters. The second-order valence-corrected chi connectivity index (χ2v) is 7.37. The van der Waals surface area contributed by atoms with Crippen molar-refractivity contribution in [2.45, 2.75) is 62.1 Å². The number of hydrogen-bond acceptors (Lipinski definition) is 6. The molecule has 0 radical (unpaired) electrons. The highest BCUT2D eigenvalue weighted by Crippen LogP contribution is 2.49. The summed E-state index contributed by atoms with van der Waals surface area (Å²) in [6.07, 6.45) is -6.26. The van der Waals surface area contributed by atoms with Crippen molar-refractivity contribution in [3.63, 3.8) is 0 Å². The Balaban J connectivity index is 2.33. The fourth-order valence-corrected chi connectivity index (χ4v) is 3.22. The van der Waals surface area contributed by atoms with Gasteiger partial charge in [0.1, 0.15) is 23.9 Å². The molecule has 6 atom stereocenters. The first kappa shape index (κ1) is 18.3. The molecule has 6 nitrogen and oxygen atoms in total. The van der Waals surface area contributed by atoms with Crippen molar-refractivity contribution in [1.82, 2.24) is 0 Å². The lowest BCUT2D eigenvalue weighted by Gasteiger charge is -2.56. The number of rotatable bonds is 4. The van der Waals surface area contributed by atoms with Crippen LogP contribution in [0.5, 0.6) is 0 Å². The van der Waals surface area contributed by atoms with E-state index in [1.165, 1.54) is 0 Å². The van der Waals surface area contributed by atoms with E-state index in [-0.39, 0.29) is 5.41 Å². The molecular formula is C17H26O6. The standard InChI is InChI=1S/C17H26O6/c1-16(2,3)10-6-4-9(5-7-10)12-13(20)15(22)17(12,23)14(21)11(19)8-18/h4-7,11-15,18-23H,8H2,1-3H3/t11-,12?,13?,14-,15+,17+/m1/s1. The average Bonchev–Trinajstić information content (AvgIpc) is 2.52. The molecule has 0 spiro atoms. The van der Waals surface area contributed by atoms with E-state index in [0.717, 1.165) is 5.56 Å². The maximum atomic E-state index is 10.6. The predicted octanol–water partition coefficient (Wildman–Crippen LogP) is -0.752. The zero-order valence-corrected chi connectivity index (χ0v) is 13.6. The summed E-state index contributed by atoms with van der Waals surface area (Å²) in [6, 6.07) is 7.18. The van der Waals surface area contributed by atoms with Crippen LogP contribution in [0.1, 0.15) is 37.8 Å². The highest BCUT2D eigenvalue weighted by atomic mass is 16.4. The molecule has 130 valence electrons. The summed E-state index contributed by atoms with van der Waals surface area (Å²) < 4.78 is 0. The highest BCUT2D eigenvalue weighted by molar-refractivity contribution is 5.37. The molecule has 1 aromatic rings. The minimum atomic E-state index is -2.12. The Morgan fingerprint density at radius 3 is 2.04 bits per heavy atom. The van der Waals surface area contributed by atoms with Gasteiger partial charge in [-0.1, -0.05) is 45.0 Å². The fourth-order valence-electron chi connectivity index (χ4n) is 3.22. The van der Waals surface area contributed by atoms with Gasteiger partial charge in [-0.15, -0.1) is 0 Å². The van der Waals surface area contributed by atoms with Gasteiger partial charge in [0, 0.05) is 5.92 Å². The first-order valence-electron chi connectivity index (χ1n) is 7.71. The third-order valence-corrected chi connectivity index (χ3v) is 4.80. The van der Waals surface area contributed by atoms with Crippen molar-refractivity contribution in [1.29, 1.82) is 0 Å². The summed E-state index contributed by atoms with van der Waals surface area (Å²) in [7, 11) is 0. The molecule has 0 saturated heterocycles. The zero-order valence-electron chi connectivity index (χ0n) is 13.6. The fraction of sp³-hybridized carbons (Fsp3) is 0.647. The van der Waals surface area contributed by atoms with E-state index >= 15 is 0 Å². The van der Waals surface area contributed by atoms with Gasteiger partial charge >= 0.3 is 0 Å². The number of aliphatic hydroxyl groups is 6. The Kier molecular flexibility index (Phi) is 4.88. The van der Waals surface area contributed by atoms with Gasteiger partial charge in [0.2, 0.25) is 0 Å². The van der Waals surface area contributed by atoms with Gasteiger partial charge in [0.15, 0.2) is 0 Å². The molecule has 1 aliphatic rings. The summed E-state index contributed by atoms with van der Waals surface area (Å²) >= 11 is 0. The molecule has 0 bridgehead atoms. The molecule has 6 N–H and O–H groups in total. The Labute approximate surface area is 135 Å². The van der Waals surface area contributed by atoms with Crippen molar-refractivity contribution < 1.29 is 30.6 Å². The van der Waals surface area contributed by atoms with Crippen LogP contribution in [0.15, 0.2) is 24.3 Å². The first-order chi connectivity index (χ1) is 10.5. The number of hydrogen-bond donors (Lipinski definition) is 6. The molecular weight excluding hydrogens is 300 g/mol. The van der Waals surface area contributed by atoms with Crippen molar-refractivity contribution in [3.05, 3.63) is 35.4 Å². The molecule has 0 aliphatic heterocycles. The van der Waals surface area contributed by atoms with E-state index in [0.29, 0.717) is 5.56 Å². The SMILES string of the molecule is CC(C)(C)c1ccc(C2C(O)[C@H](O)[C@@]2(O)[C@H](O)[C@H](O)CO)cc1. The van der Waals surface area contributed by atoms with Gasteiger partial charge in [0.05, 0.1) is 12.7 Å². The van der Waals surface area contributed by atoms with Gasteiger partial charge in [-0.2, -0.15) is 0 Å².